The van der Waals surface area contributed by atoms with Gasteiger partial charge in [0.1, 0.15) is 0 Å². The van der Waals surface area contributed by atoms with E-state index in [0.717, 1.165) is 25.7 Å². The molecule has 1 saturated heterocycles. The average molecular weight is 335 g/mol. The molecule has 1 aromatic rings. The fourth-order valence-electron chi connectivity index (χ4n) is 3.51. The lowest BCUT2D eigenvalue weighted by Crippen LogP contribution is -2.47. The SMILES string of the molecule is O=C(NC1CCN(C(=O)c2ccc(Cl)cc2)CC1)C1CCCC1. The molecular formula is C18H23ClN2O2. The zero-order valence-electron chi connectivity index (χ0n) is 13.3. The minimum absolute atomic E-state index is 0.0437. The number of rotatable bonds is 3. The largest absolute Gasteiger partial charge is 0.353 e. The van der Waals surface area contributed by atoms with Crippen molar-refractivity contribution in [1.29, 1.82) is 0 Å². The lowest BCUT2D eigenvalue weighted by atomic mass is 10.0. The number of nitrogens with one attached hydrogen (secondary N) is 1. The summed E-state index contributed by atoms with van der Waals surface area (Å²) in [6.07, 6.45) is 6.06. The molecule has 1 heterocycles. The molecule has 23 heavy (non-hydrogen) atoms. The fraction of sp³-hybridized carbons (Fsp3) is 0.556. The maximum atomic E-state index is 12.4. The predicted octanol–water partition coefficient (Wildman–Crippen LogP) is 3.25. The molecule has 0 spiro atoms. The Morgan fingerprint density at radius 2 is 1.61 bits per heavy atom. The summed E-state index contributed by atoms with van der Waals surface area (Å²) in [6, 6.07) is 7.21. The summed E-state index contributed by atoms with van der Waals surface area (Å²) in [6.45, 7) is 1.38. The van der Waals surface area contributed by atoms with Crippen molar-refractivity contribution in [2.45, 2.75) is 44.6 Å². The van der Waals surface area contributed by atoms with Gasteiger partial charge in [-0.1, -0.05) is 24.4 Å². The second kappa shape index (κ2) is 7.35. The van der Waals surface area contributed by atoms with Gasteiger partial charge in [0.2, 0.25) is 5.91 Å². The van der Waals surface area contributed by atoms with Crippen LogP contribution in [0.15, 0.2) is 24.3 Å². The van der Waals surface area contributed by atoms with Crippen LogP contribution in [0, 0.1) is 5.92 Å². The van der Waals surface area contributed by atoms with Crippen LogP contribution < -0.4 is 5.32 Å². The van der Waals surface area contributed by atoms with Crippen LogP contribution in [0.4, 0.5) is 0 Å². The third kappa shape index (κ3) is 4.05. The van der Waals surface area contributed by atoms with E-state index in [9.17, 15) is 9.59 Å². The molecule has 0 atom stereocenters. The first-order valence-electron chi connectivity index (χ1n) is 8.49. The van der Waals surface area contributed by atoms with Crippen LogP contribution in [0.5, 0.6) is 0 Å². The summed E-state index contributed by atoms with van der Waals surface area (Å²) in [5, 5.41) is 3.81. The van der Waals surface area contributed by atoms with Gasteiger partial charge in [-0.2, -0.15) is 0 Å². The van der Waals surface area contributed by atoms with E-state index in [2.05, 4.69) is 5.32 Å². The number of carbonyl (C=O) groups excluding carboxylic acids is 2. The van der Waals surface area contributed by atoms with Crippen molar-refractivity contribution < 1.29 is 9.59 Å². The van der Waals surface area contributed by atoms with Gasteiger partial charge in [-0.3, -0.25) is 9.59 Å². The molecule has 2 amide bonds. The van der Waals surface area contributed by atoms with E-state index in [0.29, 0.717) is 23.7 Å². The molecule has 1 aliphatic heterocycles. The van der Waals surface area contributed by atoms with Gasteiger partial charge in [0.05, 0.1) is 0 Å². The highest BCUT2D eigenvalue weighted by Crippen LogP contribution is 2.25. The molecule has 0 bridgehead atoms. The summed E-state index contributed by atoms with van der Waals surface area (Å²) < 4.78 is 0. The number of hydrogen-bond donors (Lipinski definition) is 1. The van der Waals surface area contributed by atoms with E-state index in [1.165, 1.54) is 12.8 Å². The second-order valence-corrected chi connectivity index (χ2v) is 7.00. The van der Waals surface area contributed by atoms with Crippen molar-refractivity contribution in [3.8, 4) is 0 Å². The second-order valence-electron chi connectivity index (χ2n) is 6.56. The summed E-state index contributed by atoms with van der Waals surface area (Å²) in [7, 11) is 0. The summed E-state index contributed by atoms with van der Waals surface area (Å²) in [5.41, 5.74) is 0.669. The Kier molecular flexibility index (Phi) is 5.21. The highest BCUT2D eigenvalue weighted by Gasteiger charge is 2.28. The molecule has 4 nitrogen and oxygen atoms in total. The Morgan fingerprint density at radius 1 is 1.00 bits per heavy atom. The van der Waals surface area contributed by atoms with Crippen LogP contribution in [0.2, 0.25) is 5.02 Å². The topological polar surface area (TPSA) is 49.4 Å². The highest BCUT2D eigenvalue weighted by molar-refractivity contribution is 6.30. The Labute approximate surface area is 142 Å². The van der Waals surface area contributed by atoms with Crippen LogP contribution in [-0.4, -0.2) is 35.8 Å². The Bertz CT molecular complexity index is 559. The van der Waals surface area contributed by atoms with Crippen molar-refractivity contribution in [3.63, 3.8) is 0 Å². The van der Waals surface area contributed by atoms with E-state index in [1.54, 1.807) is 24.3 Å². The molecule has 0 unspecified atom stereocenters. The van der Waals surface area contributed by atoms with Crippen molar-refractivity contribution in [3.05, 3.63) is 34.9 Å². The standard InChI is InChI=1S/C18H23ClN2O2/c19-15-7-5-14(6-8-15)18(23)21-11-9-16(10-12-21)20-17(22)13-3-1-2-4-13/h5-8,13,16H,1-4,9-12H2,(H,20,22). The van der Waals surface area contributed by atoms with Crippen LogP contribution in [0.3, 0.4) is 0 Å². The van der Waals surface area contributed by atoms with Gasteiger partial charge >= 0.3 is 0 Å². The van der Waals surface area contributed by atoms with Crippen molar-refractivity contribution in [2.75, 3.05) is 13.1 Å². The van der Waals surface area contributed by atoms with E-state index in [-0.39, 0.29) is 23.8 Å². The van der Waals surface area contributed by atoms with Gasteiger partial charge in [0.15, 0.2) is 0 Å². The van der Waals surface area contributed by atoms with Gasteiger partial charge in [-0.15, -0.1) is 0 Å². The highest BCUT2D eigenvalue weighted by atomic mass is 35.5. The van der Waals surface area contributed by atoms with Gasteiger partial charge < -0.3 is 10.2 Å². The molecule has 1 saturated carbocycles. The van der Waals surface area contributed by atoms with E-state index >= 15 is 0 Å². The van der Waals surface area contributed by atoms with Crippen LogP contribution in [0.1, 0.15) is 48.9 Å². The molecule has 1 aromatic carbocycles. The first kappa shape index (κ1) is 16.3. The van der Waals surface area contributed by atoms with Crippen molar-refractivity contribution in [1.82, 2.24) is 10.2 Å². The molecule has 1 N–H and O–H groups in total. The first-order valence-corrected chi connectivity index (χ1v) is 8.86. The monoisotopic (exact) mass is 334 g/mol. The van der Waals surface area contributed by atoms with E-state index in [4.69, 9.17) is 11.6 Å². The number of carbonyl (C=O) groups is 2. The van der Waals surface area contributed by atoms with Gasteiger partial charge in [0.25, 0.3) is 5.91 Å². The number of hydrogen-bond acceptors (Lipinski definition) is 2. The van der Waals surface area contributed by atoms with Gasteiger partial charge in [0, 0.05) is 35.6 Å². The molecule has 1 aliphatic carbocycles. The first-order chi connectivity index (χ1) is 11.1. The fourth-order valence-corrected chi connectivity index (χ4v) is 3.63. The smallest absolute Gasteiger partial charge is 0.253 e. The summed E-state index contributed by atoms with van der Waals surface area (Å²) >= 11 is 5.86. The number of likely N-dealkylation sites (tertiary alicyclic amines) is 1. The zero-order valence-corrected chi connectivity index (χ0v) is 14.0. The molecule has 124 valence electrons. The lowest BCUT2D eigenvalue weighted by Gasteiger charge is -2.33. The normalized spacial score (nSPS) is 19.8. The molecule has 0 aromatic heterocycles. The van der Waals surface area contributed by atoms with Gasteiger partial charge in [-0.25, -0.2) is 0 Å². The molecule has 0 radical (unpaired) electrons. The number of nitrogens with zero attached hydrogens (tertiary/aromatic N) is 1. The van der Waals surface area contributed by atoms with E-state index in [1.807, 2.05) is 4.90 Å². The summed E-state index contributed by atoms with van der Waals surface area (Å²) in [4.78, 5) is 26.5. The predicted molar refractivity (Wildman–Crippen MR) is 90.5 cm³/mol. The maximum absolute atomic E-state index is 12.4. The molecule has 2 fully saturated rings. The quantitative estimate of drug-likeness (QED) is 0.922. The number of piperidine rings is 1. The number of halogens is 1. The summed E-state index contributed by atoms with van der Waals surface area (Å²) in [5.74, 6) is 0.468. The van der Waals surface area contributed by atoms with E-state index < -0.39 is 0 Å². The zero-order chi connectivity index (χ0) is 16.2. The maximum Gasteiger partial charge on any atom is 0.253 e. The Morgan fingerprint density at radius 3 is 2.22 bits per heavy atom. The van der Waals surface area contributed by atoms with Crippen LogP contribution in [-0.2, 0) is 4.79 Å². The van der Waals surface area contributed by atoms with Crippen molar-refractivity contribution in [2.24, 2.45) is 5.92 Å². The average Bonchev–Trinajstić information content (AvgIpc) is 3.10. The Hall–Kier alpha value is -1.55. The number of benzene rings is 1. The van der Waals surface area contributed by atoms with Crippen molar-refractivity contribution >= 4 is 23.4 Å². The third-order valence-corrected chi connectivity index (χ3v) is 5.20. The molecular weight excluding hydrogens is 312 g/mol. The van der Waals surface area contributed by atoms with Gasteiger partial charge in [-0.05, 0) is 49.9 Å². The molecule has 5 heteroatoms. The van der Waals surface area contributed by atoms with Crippen LogP contribution in [0.25, 0.3) is 0 Å². The minimum Gasteiger partial charge on any atom is -0.353 e. The number of amides is 2. The lowest BCUT2D eigenvalue weighted by molar-refractivity contribution is -0.125. The molecule has 2 aliphatic rings. The minimum atomic E-state index is 0.0437. The third-order valence-electron chi connectivity index (χ3n) is 4.95. The van der Waals surface area contributed by atoms with Crippen LogP contribution >= 0.6 is 11.6 Å². The molecule has 3 rings (SSSR count). The Balaban J connectivity index is 1.49.